The molecule has 4 nitrogen and oxygen atoms in total. The first-order valence-corrected chi connectivity index (χ1v) is 8.10. The van der Waals surface area contributed by atoms with Crippen LogP contribution >= 0.6 is 11.3 Å². The first kappa shape index (κ1) is 13.0. The van der Waals surface area contributed by atoms with Crippen LogP contribution in [0.15, 0.2) is 16.3 Å². The smallest absolute Gasteiger partial charge is 0.243 e. The molecule has 96 valence electrons. The fourth-order valence-electron chi connectivity index (χ4n) is 2.01. The Morgan fingerprint density at radius 1 is 1.53 bits per heavy atom. The highest BCUT2D eigenvalue weighted by molar-refractivity contribution is 7.89. The molecule has 1 aromatic heterocycles. The van der Waals surface area contributed by atoms with Gasteiger partial charge >= 0.3 is 0 Å². The van der Waals surface area contributed by atoms with Crippen molar-refractivity contribution in [2.75, 3.05) is 13.6 Å². The van der Waals surface area contributed by atoms with Crippen molar-refractivity contribution in [2.24, 2.45) is 11.7 Å². The predicted octanol–water partition coefficient (Wildman–Crippen LogP) is 1.63. The van der Waals surface area contributed by atoms with Crippen LogP contribution in [-0.2, 0) is 16.6 Å². The van der Waals surface area contributed by atoms with Crippen molar-refractivity contribution in [1.82, 2.24) is 4.31 Å². The van der Waals surface area contributed by atoms with Crippen LogP contribution in [0.4, 0.5) is 0 Å². The maximum absolute atomic E-state index is 12.3. The summed E-state index contributed by atoms with van der Waals surface area (Å²) >= 11 is 1.40. The zero-order chi connectivity index (χ0) is 12.5. The zero-order valence-electron chi connectivity index (χ0n) is 9.93. The fraction of sp³-hybridized carbons (Fsp3) is 0.636. The molecule has 1 aliphatic rings. The molecular weight excluding hydrogens is 256 g/mol. The van der Waals surface area contributed by atoms with Crippen LogP contribution in [0.2, 0.25) is 0 Å². The van der Waals surface area contributed by atoms with Gasteiger partial charge in [0.15, 0.2) is 0 Å². The maximum Gasteiger partial charge on any atom is 0.243 e. The van der Waals surface area contributed by atoms with Gasteiger partial charge in [0.05, 0.1) is 4.90 Å². The van der Waals surface area contributed by atoms with Crippen LogP contribution in [0.25, 0.3) is 0 Å². The average molecular weight is 274 g/mol. The number of nitrogens with two attached hydrogens (primary N) is 1. The molecule has 1 fully saturated rings. The summed E-state index contributed by atoms with van der Waals surface area (Å²) in [6.07, 6.45) is 3.52. The van der Waals surface area contributed by atoms with Gasteiger partial charge in [-0.3, -0.25) is 0 Å². The molecule has 0 unspecified atom stereocenters. The van der Waals surface area contributed by atoms with Crippen LogP contribution in [-0.4, -0.2) is 26.3 Å². The van der Waals surface area contributed by atoms with E-state index in [-0.39, 0.29) is 6.54 Å². The van der Waals surface area contributed by atoms with Crippen LogP contribution in [0.3, 0.4) is 0 Å². The summed E-state index contributed by atoms with van der Waals surface area (Å²) in [4.78, 5) is 1.12. The fourth-order valence-corrected chi connectivity index (χ4v) is 4.56. The van der Waals surface area contributed by atoms with Gasteiger partial charge in [0.2, 0.25) is 10.0 Å². The molecule has 0 radical (unpaired) electrons. The maximum atomic E-state index is 12.3. The minimum absolute atomic E-state index is 0.281. The quantitative estimate of drug-likeness (QED) is 0.887. The second kappa shape index (κ2) is 5.06. The van der Waals surface area contributed by atoms with Crippen molar-refractivity contribution >= 4 is 21.4 Å². The van der Waals surface area contributed by atoms with Gasteiger partial charge in [0, 0.05) is 25.0 Å². The van der Waals surface area contributed by atoms with Gasteiger partial charge in [-0.05, 0) is 30.2 Å². The van der Waals surface area contributed by atoms with Gasteiger partial charge in [-0.2, -0.15) is 0 Å². The lowest BCUT2D eigenvalue weighted by Gasteiger charge is -2.29. The lowest BCUT2D eigenvalue weighted by atomic mass is 9.86. The molecule has 0 bridgehead atoms. The van der Waals surface area contributed by atoms with Gasteiger partial charge in [-0.25, -0.2) is 12.7 Å². The minimum Gasteiger partial charge on any atom is -0.326 e. The van der Waals surface area contributed by atoms with E-state index in [1.54, 1.807) is 18.5 Å². The van der Waals surface area contributed by atoms with E-state index in [4.69, 9.17) is 5.73 Å². The van der Waals surface area contributed by atoms with E-state index in [1.165, 1.54) is 22.1 Å². The normalized spacial score (nSPS) is 17.4. The third-order valence-electron chi connectivity index (χ3n) is 3.32. The van der Waals surface area contributed by atoms with Crippen molar-refractivity contribution in [2.45, 2.75) is 30.7 Å². The Balaban J connectivity index is 2.16. The molecule has 17 heavy (non-hydrogen) atoms. The Labute approximate surface area is 106 Å². The Bertz CT molecular complexity index is 477. The first-order valence-electron chi connectivity index (χ1n) is 5.78. The van der Waals surface area contributed by atoms with Crippen molar-refractivity contribution < 1.29 is 8.42 Å². The highest BCUT2D eigenvalue weighted by Gasteiger charge is 2.28. The number of hydrogen-bond donors (Lipinski definition) is 1. The molecular formula is C11H18N2O2S2. The molecule has 2 N–H and O–H groups in total. The number of sulfonamides is 1. The molecule has 6 heteroatoms. The minimum atomic E-state index is -3.35. The molecule has 0 aromatic carbocycles. The van der Waals surface area contributed by atoms with Crippen molar-refractivity contribution in [1.29, 1.82) is 0 Å². The number of rotatable bonds is 5. The molecule has 1 saturated carbocycles. The number of nitrogens with zero attached hydrogens (tertiary/aromatic N) is 1. The molecule has 1 aliphatic carbocycles. The molecule has 1 aromatic rings. The standard InChI is InChI=1S/C11H18N2O2S2/c1-13(8-9-3-2-4-9)17(14,15)11-5-6-16-10(11)7-12/h5-6,9H,2-4,7-8,12H2,1H3. The predicted molar refractivity (Wildman–Crippen MR) is 69.4 cm³/mol. The summed E-state index contributed by atoms with van der Waals surface area (Å²) < 4.78 is 26.1. The lowest BCUT2D eigenvalue weighted by Crippen LogP contribution is -2.34. The molecule has 0 atom stereocenters. The van der Waals surface area contributed by atoms with Crippen molar-refractivity contribution in [3.05, 3.63) is 16.3 Å². The summed E-state index contributed by atoms with van der Waals surface area (Å²) in [5.41, 5.74) is 5.56. The molecule has 1 heterocycles. The summed E-state index contributed by atoms with van der Waals surface area (Å²) in [5, 5.41) is 1.78. The Kier molecular flexibility index (Phi) is 3.87. The van der Waals surface area contributed by atoms with Gasteiger partial charge in [0.1, 0.15) is 0 Å². The molecule has 0 saturated heterocycles. The van der Waals surface area contributed by atoms with Gasteiger partial charge < -0.3 is 5.73 Å². The van der Waals surface area contributed by atoms with Gasteiger partial charge in [-0.15, -0.1) is 11.3 Å². The lowest BCUT2D eigenvalue weighted by molar-refractivity contribution is 0.263. The van der Waals surface area contributed by atoms with Crippen molar-refractivity contribution in [3.8, 4) is 0 Å². The largest absolute Gasteiger partial charge is 0.326 e. The molecule has 0 amide bonds. The van der Waals surface area contributed by atoms with Crippen LogP contribution < -0.4 is 5.73 Å². The SMILES string of the molecule is CN(CC1CCC1)S(=O)(=O)c1ccsc1CN. The van der Waals surface area contributed by atoms with E-state index >= 15 is 0 Å². The first-order chi connectivity index (χ1) is 8.05. The summed E-state index contributed by atoms with van der Waals surface area (Å²) in [5.74, 6) is 0.537. The summed E-state index contributed by atoms with van der Waals surface area (Å²) in [7, 11) is -1.69. The third kappa shape index (κ3) is 2.54. The third-order valence-corrected chi connectivity index (χ3v) is 6.30. The monoisotopic (exact) mass is 274 g/mol. The highest BCUT2D eigenvalue weighted by Crippen LogP contribution is 2.30. The van der Waals surface area contributed by atoms with Crippen LogP contribution in [0.5, 0.6) is 0 Å². The van der Waals surface area contributed by atoms with E-state index in [1.807, 2.05) is 0 Å². The Morgan fingerprint density at radius 2 is 2.24 bits per heavy atom. The topological polar surface area (TPSA) is 63.4 Å². The summed E-state index contributed by atoms with van der Waals surface area (Å²) in [6.45, 7) is 0.908. The summed E-state index contributed by atoms with van der Waals surface area (Å²) in [6, 6.07) is 1.65. The average Bonchev–Trinajstić information content (AvgIpc) is 2.71. The van der Waals surface area contributed by atoms with Crippen LogP contribution in [0, 0.1) is 5.92 Å². The van der Waals surface area contributed by atoms with Crippen molar-refractivity contribution in [3.63, 3.8) is 0 Å². The van der Waals surface area contributed by atoms with E-state index in [0.29, 0.717) is 17.4 Å². The van der Waals surface area contributed by atoms with E-state index in [0.717, 1.165) is 17.7 Å². The van der Waals surface area contributed by atoms with E-state index in [9.17, 15) is 8.42 Å². The van der Waals surface area contributed by atoms with Gasteiger partial charge in [-0.1, -0.05) is 6.42 Å². The van der Waals surface area contributed by atoms with Crippen LogP contribution in [0.1, 0.15) is 24.1 Å². The molecule has 2 rings (SSSR count). The zero-order valence-corrected chi connectivity index (χ0v) is 11.6. The van der Waals surface area contributed by atoms with E-state index in [2.05, 4.69) is 0 Å². The highest BCUT2D eigenvalue weighted by atomic mass is 32.2. The molecule has 0 spiro atoms. The second-order valence-electron chi connectivity index (χ2n) is 4.49. The van der Waals surface area contributed by atoms with E-state index < -0.39 is 10.0 Å². The second-order valence-corrected chi connectivity index (χ2v) is 7.51. The Morgan fingerprint density at radius 3 is 2.76 bits per heavy atom. The number of hydrogen-bond acceptors (Lipinski definition) is 4. The Hall–Kier alpha value is -0.430. The molecule has 0 aliphatic heterocycles. The number of thiophene rings is 1. The van der Waals surface area contributed by atoms with Gasteiger partial charge in [0.25, 0.3) is 0 Å².